The van der Waals surface area contributed by atoms with Gasteiger partial charge in [-0.2, -0.15) is 0 Å². The highest BCUT2D eigenvalue weighted by molar-refractivity contribution is 7.92. The van der Waals surface area contributed by atoms with Gasteiger partial charge < -0.3 is 0 Å². The molecule has 0 aromatic heterocycles. The quantitative estimate of drug-likeness (QED) is 0.458. The van der Waals surface area contributed by atoms with Gasteiger partial charge in [-0.3, -0.25) is 19.2 Å². The number of hydrogen-bond donors (Lipinski definition) is 1. The van der Waals surface area contributed by atoms with E-state index >= 15 is 0 Å². The van der Waals surface area contributed by atoms with Crippen LogP contribution in [0.1, 0.15) is 26.3 Å². The second kappa shape index (κ2) is 8.75. The third-order valence-electron chi connectivity index (χ3n) is 4.99. The summed E-state index contributed by atoms with van der Waals surface area (Å²) in [6, 6.07) is 15.3. The highest BCUT2D eigenvalue weighted by Gasteiger charge is 2.34. The first-order valence-corrected chi connectivity index (χ1v) is 12.0. The molecule has 1 N–H and O–H groups in total. The Morgan fingerprint density at radius 2 is 1.44 bits per heavy atom. The molecule has 10 heteroatoms. The second-order valence-corrected chi connectivity index (χ2v) is 9.95. The average molecular weight is 510 g/mol. The van der Waals surface area contributed by atoms with E-state index in [9.17, 15) is 18.0 Å². The van der Waals surface area contributed by atoms with Crippen molar-refractivity contribution in [2.45, 2.75) is 11.3 Å². The second-order valence-electron chi connectivity index (χ2n) is 7.05. The summed E-state index contributed by atoms with van der Waals surface area (Å²) in [6.07, 6.45) is 0.324. The number of benzene rings is 3. The highest BCUT2D eigenvalue weighted by Crippen LogP contribution is 2.28. The lowest BCUT2D eigenvalue weighted by atomic mass is 10.1. The van der Waals surface area contributed by atoms with Gasteiger partial charge in [0.25, 0.3) is 21.8 Å². The fourth-order valence-corrected chi connectivity index (χ4v) is 5.06. The van der Waals surface area contributed by atoms with Crippen molar-refractivity contribution in [3.8, 4) is 0 Å². The monoisotopic (exact) mass is 508 g/mol. The van der Waals surface area contributed by atoms with Gasteiger partial charge in [0.15, 0.2) is 0 Å². The Kier molecular flexibility index (Phi) is 6.18. The number of rotatable bonds is 6. The van der Waals surface area contributed by atoms with E-state index in [0.717, 1.165) is 0 Å². The van der Waals surface area contributed by atoms with Crippen molar-refractivity contribution in [1.82, 2.24) is 4.90 Å². The molecular formula is C22H15Cl3N2O4S. The van der Waals surface area contributed by atoms with Crippen molar-refractivity contribution in [3.05, 3.63) is 92.4 Å². The summed E-state index contributed by atoms with van der Waals surface area (Å²) in [5, 5.41) is 0.670. The van der Waals surface area contributed by atoms with Crippen LogP contribution in [0.2, 0.25) is 15.1 Å². The summed E-state index contributed by atoms with van der Waals surface area (Å²) in [6.45, 7) is 0.153. The van der Waals surface area contributed by atoms with Gasteiger partial charge >= 0.3 is 0 Å². The van der Waals surface area contributed by atoms with Crippen molar-refractivity contribution in [3.63, 3.8) is 0 Å². The smallest absolute Gasteiger partial charge is 0.261 e. The molecule has 0 radical (unpaired) electrons. The molecule has 1 heterocycles. The molecule has 6 nitrogen and oxygen atoms in total. The summed E-state index contributed by atoms with van der Waals surface area (Å²) in [4.78, 5) is 26.1. The molecule has 0 unspecified atom stereocenters. The SMILES string of the molecule is O=C1c2ccccc2C(=O)N1CCc1ccc(NS(=O)(=O)c2ccc(Cl)c(Cl)c2)cc1Cl. The summed E-state index contributed by atoms with van der Waals surface area (Å²) >= 11 is 18.1. The van der Waals surface area contributed by atoms with Gasteiger partial charge in [0, 0.05) is 11.6 Å². The van der Waals surface area contributed by atoms with E-state index in [1.165, 1.54) is 29.2 Å². The Bertz CT molecular complexity index is 1320. The van der Waals surface area contributed by atoms with Crippen LogP contribution in [0.5, 0.6) is 0 Å². The van der Waals surface area contributed by atoms with Crippen LogP contribution in [0, 0.1) is 0 Å². The van der Waals surface area contributed by atoms with E-state index < -0.39 is 10.0 Å². The number of halogens is 3. The molecule has 0 fully saturated rings. The summed E-state index contributed by atoms with van der Waals surface area (Å²) in [7, 11) is -3.90. The van der Waals surface area contributed by atoms with Crippen LogP contribution in [0.25, 0.3) is 0 Å². The first-order valence-electron chi connectivity index (χ1n) is 9.39. The lowest BCUT2D eigenvalue weighted by Crippen LogP contribution is -2.31. The average Bonchev–Trinajstić information content (AvgIpc) is 2.99. The van der Waals surface area contributed by atoms with Crippen LogP contribution >= 0.6 is 34.8 Å². The van der Waals surface area contributed by atoms with E-state index in [2.05, 4.69) is 4.72 Å². The molecular weight excluding hydrogens is 495 g/mol. The molecule has 164 valence electrons. The fourth-order valence-electron chi connectivity index (χ4n) is 3.35. The number of anilines is 1. The largest absolute Gasteiger partial charge is 0.280 e. The number of carbonyl (C=O) groups excluding carboxylic acids is 2. The predicted octanol–water partition coefficient (Wildman–Crippen LogP) is 5.29. The van der Waals surface area contributed by atoms with Crippen molar-refractivity contribution in [1.29, 1.82) is 0 Å². The summed E-state index contributed by atoms with van der Waals surface area (Å²) < 4.78 is 27.6. The lowest BCUT2D eigenvalue weighted by molar-refractivity contribution is 0.0656. The zero-order valence-corrected chi connectivity index (χ0v) is 19.4. The Hall–Kier alpha value is -2.58. The highest BCUT2D eigenvalue weighted by atomic mass is 35.5. The lowest BCUT2D eigenvalue weighted by Gasteiger charge is -2.15. The molecule has 4 rings (SSSR count). The fraction of sp³-hybridized carbons (Fsp3) is 0.0909. The molecule has 1 aliphatic heterocycles. The molecule has 3 aromatic rings. The number of hydrogen-bond acceptors (Lipinski definition) is 4. The minimum Gasteiger partial charge on any atom is -0.280 e. The molecule has 0 bridgehead atoms. The van der Waals surface area contributed by atoms with Gasteiger partial charge in [-0.05, 0) is 54.4 Å². The van der Waals surface area contributed by atoms with Gasteiger partial charge in [0.2, 0.25) is 0 Å². The molecule has 0 atom stereocenters. The van der Waals surface area contributed by atoms with Crippen molar-refractivity contribution >= 4 is 62.3 Å². The Labute approximate surface area is 199 Å². The van der Waals surface area contributed by atoms with Crippen molar-refractivity contribution in [2.75, 3.05) is 11.3 Å². The van der Waals surface area contributed by atoms with Gasteiger partial charge in [0.05, 0.1) is 31.8 Å². The molecule has 1 aliphatic rings. The third-order valence-corrected chi connectivity index (χ3v) is 7.46. The zero-order valence-electron chi connectivity index (χ0n) is 16.3. The maximum Gasteiger partial charge on any atom is 0.261 e. The third kappa shape index (κ3) is 4.34. The molecule has 0 spiro atoms. The van der Waals surface area contributed by atoms with E-state index in [-0.39, 0.29) is 39.0 Å². The van der Waals surface area contributed by atoms with Gasteiger partial charge in [-0.15, -0.1) is 0 Å². The molecule has 3 aromatic carbocycles. The van der Waals surface area contributed by atoms with Crippen LogP contribution in [-0.2, 0) is 16.4 Å². The summed E-state index contributed by atoms with van der Waals surface area (Å²) in [5.74, 6) is -0.680. The maximum atomic E-state index is 12.6. The number of carbonyl (C=O) groups is 2. The molecule has 0 saturated carbocycles. The van der Waals surface area contributed by atoms with E-state index in [4.69, 9.17) is 34.8 Å². The first kappa shape index (κ1) is 22.6. The molecule has 0 aliphatic carbocycles. The first-order chi connectivity index (χ1) is 15.2. The van der Waals surface area contributed by atoms with Gasteiger partial charge in [-0.25, -0.2) is 8.42 Å². The van der Waals surface area contributed by atoms with E-state index in [0.29, 0.717) is 28.1 Å². The number of sulfonamides is 1. The van der Waals surface area contributed by atoms with Crippen LogP contribution in [0.15, 0.2) is 65.6 Å². The molecule has 32 heavy (non-hydrogen) atoms. The zero-order chi connectivity index (χ0) is 23.0. The predicted molar refractivity (Wildman–Crippen MR) is 124 cm³/mol. The topological polar surface area (TPSA) is 83.6 Å². The van der Waals surface area contributed by atoms with E-state index in [1.54, 1.807) is 36.4 Å². The standard InChI is InChI=1S/C22H15Cl3N2O4S/c23-18-8-7-15(12-20(18)25)32(30,31)26-14-6-5-13(19(24)11-14)9-10-27-21(28)16-3-1-2-4-17(16)22(27)29/h1-8,11-12,26H,9-10H2. The van der Waals surface area contributed by atoms with Gasteiger partial charge in [0.1, 0.15) is 0 Å². The normalized spacial score (nSPS) is 13.4. The van der Waals surface area contributed by atoms with Crippen LogP contribution in [-0.4, -0.2) is 31.7 Å². The minimum atomic E-state index is -3.90. The minimum absolute atomic E-state index is 0.0438. The number of amides is 2. The van der Waals surface area contributed by atoms with Crippen LogP contribution in [0.4, 0.5) is 5.69 Å². The number of imide groups is 1. The Morgan fingerprint density at radius 3 is 2.03 bits per heavy atom. The van der Waals surface area contributed by atoms with Crippen LogP contribution < -0.4 is 4.72 Å². The Balaban J connectivity index is 1.46. The number of nitrogens with one attached hydrogen (secondary N) is 1. The molecule has 0 saturated heterocycles. The maximum absolute atomic E-state index is 12.6. The number of nitrogens with zero attached hydrogens (tertiary/aromatic N) is 1. The molecule has 2 amide bonds. The van der Waals surface area contributed by atoms with Crippen molar-refractivity contribution in [2.24, 2.45) is 0 Å². The number of fused-ring (bicyclic) bond motifs is 1. The van der Waals surface area contributed by atoms with Crippen LogP contribution in [0.3, 0.4) is 0 Å². The van der Waals surface area contributed by atoms with Gasteiger partial charge in [-0.1, -0.05) is 53.0 Å². The van der Waals surface area contributed by atoms with E-state index in [1.807, 2.05) is 0 Å². The van der Waals surface area contributed by atoms with Crippen molar-refractivity contribution < 1.29 is 18.0 Å². The summed E-state index contributed by atoms with van der Waals surface area (Å²) in [5.41, 5.74) is 1.69. The Morgan fingerprint density at radius 1 is 0.781 bits per heavy atom.